The van der Waals surface area contributed by atoms with Gasteiger partial charge in [-0.3, -0.25) is 9.78 Å². The van der Waals surface area contributed by atoms with Crippen LogP contribution in [-0.4, -0.2) is 30.5 Å². The molecule has 1 atom stereocenters. The summed E-state index contributed by atoms with van der Waals surface area (Å²) < 4.78 is 3.71. The number of benzene rings is 1. The van der Waals surface area contributed by atoms with Gasteiger partial charge in [0.2, 0.25) is 5.91 Å². The highest BCUT2D eigenvalue weighted by Crippen LogP contribution is 2.37. The second kappa shape index (κ2) is 6.77. The first kappa shape index (κ1) is 16.4. The predicted molar refractivity (Wildman–Crippen MR) is 104 cm³/mol. The molecule has 4 aromatic rings. The fourth-order valence-corrected chi connectivity index (χ4v) is 3.68. The van der Waals surface area contributed by atoms with Crippen LogP contribution in [0.4, 0.5) is 5.82 Å². The van der Waals surface area contributed by atoms with E-state index in [0.717, 1.165) is 28.3 Å². The van der Waals surface area contributed by atoms with Gasteiger partial charge in [-0.25, -0.2) is 9.36 Å². The molecule has 0 saturated heterocycles. The van der Waals surface area contributed by atoms with Gasteiger partial charge < -0.3 is 5.32 Å². The third kappa shape index (κ3) is 2.87. The van der Waals surface area contributed by atoms with Crippen molar-refractivity contribution < 1.29 is 4.79 Å². The van der Waals surface area contributed by atoms with Crippen molar-refractivity contribution in [3.05, 3.63) is 90.1 Å². The van der Waals surface area contributed by atoms with Gasteiger partial charge in [0.1, 0.15) is 5.82 Å². The van der Waals surface area contributed by atoms with Crippen LogP contribution in [0.25, 0.3) is 5.69 Å². The van der Waals surface area contributed by atoms with Gasteiger partial charge >= 0.3 is 0 Å². The van der Waals surface area contributed by atoms with E-state index in [1.165, 1.54) is 0 Å². The van der Waals surface area contributed by atoms with Crippen molar-refractivity contribution in [2.45, 2.75) is 18.9 Å². The van der Waals surface area contributed by atoms with Crippen molar-refractivity contribution in [3.63, 3.8) is 0 Å². The summed E-state index contributed by atoms with van der Waals surface area (Å²) in [7, 11) is 0. The number of carbonyl (C=O) groups is 1. The summed E-state index contributed by atoms with van der Waals surface area (Å²) in [5, 5.41) is 12.0. The maximum absolute atomic E-state index is 12.5. The van der Waals surface area contributed by atoms with Crippen LogP contribution in [0.3, 0.4) is 0 Å². The molecule has 138 valence electrons. The number of rotatable bonds is 4. The van der Waals surface area contributed by atoms with Crippen LogP contribution in [0.15, 0.2) is 73.3 Å². The zero-order chi connectivity index (χ0) is 18.9. The number of fused-ring (bicyclic) bond motifs is 1. The van der Waals surface area contributed by atoms with Crippen molar-refractivity contribution in [2.75, 3.05) is 5.32 Å². The number of hydrogen-bond acceptors (Lipinski definition) is 4. The Hall–Kier alpha value is -3.74. The zero-order valence-corrected chi connectivity index (χ0v) is 15.1. The Kier molecular flexibility index (Phi) is 3.97. The molecule has 1 unspecified atom stereocenters. The molecule has 5 rings (SSSR count). The summed E-state index contributed by atoms with van der Waals surface area (Å²) in [5.74, 6) is 0.617. The molecule has 1 aromatic carbocycles. The second-order valence-corrected chi connectivity index (χ2v) is 6.78. The Morgan fingerprint density at radius 3 is 2.71 bits per heavy atom. The number of nitrogens with one attached hydrogen (secondary N) is 1. The van der Waals surface area contributed by atoms with Gasteiger partial charge in [0.15, 0.2) is 0 Å². The fraction of sp³-hybridized carbons (Fsp3) is 0.143. The van der Waals surface area contributed by atoms with E-state index in [0.29, 0.717) is 13.0 Å². The first-order valence-electron chi connectivity index (χ1n) is 9.13. The Morgan fingerprint density at radius 2 is 1.89 bits per heavy atom. The number of carbonyl (C=O) groups excluding carboxylic acids is 1. The van der Waals surface area contributed by atoms with E-state index in [4.69, 9.17) is 0 Å². The smallest absolute Gasteiger partial charge is 0.226 e. The average Bonchev–Trinajstić information content (AvgIpc) is 3.37. The quantitative estimate of drug-likeness (QED) is 0.599. The van der Waals surface area contributed by atoms with Crippen molar-refractivity contribution in [2.24, 2.45) is 0 Å². The lowest BCUT2D eigenvalue weighted by molar-refractivity contribution is -0.116. The van der Waals surface area contributed by atoms with Crippen molar-refractivity contribution in [3.8, 4) is 5.69 Å². The summed E-state index contributed by atoms with van der Waals surface area (Å²) in [6, 6.07) is 15.8. The highest BCUT2D eigenvalue weighted by atomic mass is 16.1. The van der Waals surface area contributed by atoms with Crippen LogP contribution >= 0.6 is 0 Å². The van der Waals surface area contributed by atoms with Gasteiger partial charge in [0.05, 0.1) is 24.1 Å². The first-order valence-corrected chi connectivity index (χ1v) is 9.13. The number of pyridine rings is 1. The van der Waals surface area contributed by atoms with Gasteiger partial charge in [0.25, 0.3) is 0 Å². The third-order valence-corrected chi connectivity index (χ3v) is 4.98. The number of aromatic nitrogens is 5. The lowest BCUT2D eigenvalue weighted by atomic mass is 9.91. The van der Waals surface area contributed by atoms with Gasteiger partial charge in [-0.2, -0.15) is 10.2 Å². The molecule has 7 nitrogen and oxygen atoms in total. The molecule has 28 heavy (non-hydrogen) atoms. The molecule has 1 aliphatic rings. The van der Waals surface area contributed by atoms with Crippen molar-refractivity contribution >= 4 is 11.7 Å². The van der Waals surface area contributed by atoms with Gasteiger partial charge in [-0.15, -0.1) is 0 Å². The van der Waals surface area contributed by atoms with E-state index in [2.05, 4.69) is 20.5 Å². The number of nitrogens with zero attached hydrogens (tertiary/aromatic N) is 5. The molecule has 0 bridgehead atoms. The third-order valence-electron chi connectivity index (χ3n) is 4.98. The minimum absolute atomic E-state index is 0.0220. The topological polar surface area (TPSA) is 77.6 Å². The van der Waals surface area contributed by atoms with E-state index in [-0.39, 0.29) is 11.8 Å². The summed E-state index contributed by atoms with van der Waals surface area (Å²) in [6.45, 7) is 0.550. The molecular formula is C21H18N6O. The van der Waals surface area contributed by atoms with Crippen LogP contribution in [-0.2, 0) is 11.3 Å². The van der Waals surface area contributed by atoms with Crippen molar-refractivity contribution in [1.82, 2.24) is 24.5 Å². The highest BCUT2D eigenvalue weighted by Gasteiger charge is 2.32. The Balaban J connectivity index is 1.55. The molecule has 3 aromatic heterocycles. The van der Waals surface area contributed by atoms with Crippen LogP contribution in [0, 0.1) is 0 Å². The van der Waals surface area contributed by atoms with Crippen LogP contribution in [0.5, 0.6) is 0 Å². The van der Waals surface area contributed by atoms with E-state index in [1.807, 2.05) is 64.1 Å². The highest BCUT2D eigenvalue weighted by molar-refractivity contribution is 5.94. The molecule has 1 N–H and O–H groups in total. The summed E-state index contributed by atoms with van der Waals surface area (Å²) in [5.41, 5.74) is 3.97. The molecule has 0 fully saturated rings. The Bertz CT molecular complexity index is 1120. The van der Waals surface area contributed by atoms with E-state index in [1.54, 1.807) is 18.6 Å². The maximum Gasteiger partial charge on any atom is 0.226 e. The van der Waals surface area contributed by atoms with Crippen LogP contribution in [0.2, 0.25) is 0 Å². The SMILES string of the molecule is O=C1CC(c2ccnn2-c2ccccc2)c2cnn(Cc3cccnc3)c2N1. The molecule has 0 radical (unpaired) electrons. The standard InChI is InChI=1S/C21H18N6O/c28-20-11-17(19-8-10-23-27(19)16-6-2-1-3-7-16)18-13-24-26(21(18)25-20)14-15-5-4-9-22-12-15/h1-10,12-13,17H,11,14H2,(H,25,28). The molecular weight excluding hydrogens is 352 g/mol. The minimum Gasteiger partial charge on any atom is -0.311 e. The summed E-state index contributed by atoms with van der Waals surface area (Å²) in [6.07, 6.45) is 7.53. The fourth-order valence-electron chi connectivity index (χ4n) is 3.68. The monoisotopic (exact) mass is 370 g/mol. The normalized spacial score (nSPS) is 15.9. The average molecular weight is 370 g/mol. The number of amides is 1. The zero-order valence-electron chi connectivity index (χ0n) is 15.1. The molecule has 0 saturated carbocycles. The largest absolute Gasteiger partial charge is 0.311 e. The molecule has 1 amide bonds. The lowest BCUT2D eigenvalue weighted by Crippen LogP contribution is -2.26. The van der Waals surface area contributed by atoms with E-state index >= 15 is 0 Å². The summed E-state index contributed by atoms with van der Waals surface area (Å²) in [4.78, 5) is 16.6. The van der Waals surface area contributed by atoms with Crippen LogP contribution < -0.4 is 5.32 Å². The second-order valence-electron chi connectivity index (χ2n) is 6.78. The minimum atomic E-state index is -0.103. The molecule has 4 heterocycles. The van der Waals surface area contributed by atoms with Gasteiger partial charge in [0, 0.05) is 36.5 Å². The Labute approximate surface area is 161 Å². The number of anilines is 1. The molecule has 1 aliphatic heterocycles. The molecule has 0 aliphatic carbocycles. The van der Waals surface area contributed by atoms with Gasteiger partial charge in [-0.05, 0) is 29.8 Å². The molecule has 0 spiro atoms. The first-order chi connectivity index (χ1) is 13.8. The Morgan fingerprint density at radius 1 is 1.00 bits per heavy atom. The number of hydrogen-bond donors (Lipinski definition) is 1. The lowest BCUT2D eigenvalue weighted by Gasteiger charge is -2.24. The summed E-state index contributed by atoms with van der Waals surface area (Å²) >= 11 is 0. The predicted octanol–water partition coefficient (Wildman–Crippen LogP) is 2.99. The maximum atomic E-state index is 12.5. The van der Waals surface area contributed by atoms with Crippen molar-refractivity contribution in [1.29, 1.82) is 0 Å². The van der Waals surface area contributed by atoms with Gasteiger partial charge in [-0.1, -0.05) is 24.3 Å². The van der Waals surface area contributed by atoms with E-state index < -0.39 is 0 Å². The number of para-hydroxylation sites is 1. The van der Waals surface area contributed by atoms with Crippen LogP contribution in [0.1, 0.15) is 29.2 Å². The van der Waals surface area contributed by atoms with E-state index in [9.17, 15) is 4.79 Å². The molecule has 7 heteroatoms.